The van der Waals surface area contributed by atoms with Gasteiger partial charge in [0, 0.05) is 0 Å². The van der Waals surface area contributed by atoms with Crippen LogP contribution in [-0.2, 0) is 20.9 Å². The molecule has 1 N–H and O–H groups in total. The van der Waals surface area contributed by atoms with Crippen LogP contribution in [0.4, 0.5) is 0 Å². The third-order valence-electron chi connectivity index (χ3n) is 3.24. The number of hydrogen-bond acceptors (Lipinski definition) is 3. The van der Waals surface area contributed by atoms with Gasteiger partial charge >= 0.3 is 0 Å². The van der Waals surface area contributed by atoms with Gasteiger partial charge in [-0.05, 0) is 31.5 Å². The summed E-state index contributed by atoms with van der Waals surface area (Å²) in [5, 5.41) is 0. The summed E-state index contributed by atoms with van der Waals surface area (Å²) in [6.45, 7) is 5.34. The zero-order valence-corrected chi connectivity index (χ0v) is 15.1. The number of rotatable bonds is 5. The predicted molar refractivity (Wildman–Crippen MR) is 92.9 cm³/mol. The second kappa shape index (κ2) is 9.45. The highest BCUT2D eigenvalue weighted by Gasteiger charge is 2.14. The highest BCUT2D eigenvalue weighted by atomic mass is 32.2. The van der Waals surface area contributed by atoms with Crippen molar-refractivity contribution in [1.82, 2.24) is 0 Å². The summed E-state index contributed by atoms with van der Waals surface area (Å²) in [6, 6.07) is 15.8. The van der Waals surface area contributed by atoms with Crippen molar-refractivity contribution in [3.63, 3.8) is 0 Å². The van der Waals surface area contributed by atoms with Crippen LogP contribution in [0.1, 0.15) is 18.1 Å². The molecule has 0 amide bonds. The summed E-state index contributed by atoms with van der Waals surface area (Å²) in [5.41, 5.74) is 1.84. The molecule has 0 aliphatic heterocycles. The van der Waals surface area contributed by atoms with Crippen LogP contribution in [0, 0.1) is 6.92 Å². The normalized spacial score (nSPS) is 11.0. The van der Waals surface area contributed by atoms with Crippen LogP contribution >= 0.6 is 0 Å². The van der Waals surface area contributed by atoms with Crippen molar-refractivity contribution in [2.75, 3.05) is 20.6 Å². The number of quaternary nitrogens is 1. The van der Waals surface area contributed by atoms with Gasteiger partial charge in [-0.3, -0.25) is 4.18 Å². The van der Waals surface area contributed by atoms with Gasteiger partial charge in [0.15, 0.2) is 0 Å². The molecule has 0 atom stereocenters. The molecule has 0 saturated heterocycles. The lowest BCUT2D eigenvalue weighted by molar-refractivity contribution is -0.856. The van der Waals surface area contributed by atoms with E-state index in [1.807, 2.05) is 37.3 Å². The van der Waals surface area contributed by atoms with Crippen molar-refractivity contribution in [2.24, 2.45) is 0 Å². The zero-order valence-electron chi connectivity index (χ0n) is 14.2. The van der Waals surface area contributed by atoms with Gasteiger partial charge < -0.3 is 4.90 Å². The Morgan fingerprint density at radius 3 is 1.96 bits per heavy atom. The fourth-order valence-corrected chi connectivity index (χ4v) is 2.39. The van der Waals surface area contributed by atoms with Gasteiger partial charge in [0.25, 0.3) is 10.1 Å². The topological polar surface area (TPSA) is 47.8 Å². The van der Waals surface area contributed by atoms with Crippen molar-refractivity contribution in [1.29, 1.82) is 0 Å². The molecule has 2 aromatic carbocycles. The Morgan fingerprint density at radius 1 is 0.957 bits per heavy atom. The summed E-state index contributed by atoms with van der Waals surface area (Å²) in [6.07, 6.45) is 0. The molecule has 0 aromatic heterocycles. The van der Waals surface area contributed by atoms with E-state index in [9.17, 15) is 8.42 Å². The lowest BCUT2D eigenvalue weighted by atomic mass is 10.2. The Morgan fingerprint density at radius 2 is 1.48 bits per heavy atom. The van der Waals surface area contributed by atoms with Crippen LogP contribution in [0.15, 0.2) is 59.5 Å². The van der Waals surface area contributed by atoms with Gasteiger partial charge in [0.05, 0.1) is 32.1 Å². The van der Waals surface area contributed by atoms with E-state index in [-0.39, 0.29) is 11.5 Å². The number of nitrogens with one attached hydrogen (secondary N) is 1. The van der Waals surface area contributed by atoms with Crippen LogP contribution in [-0.4, -0.2) is 29.1 Å². The molecule has 0 heterocycles. The smallest absolute Gasteiger partial charge is 0.297 e. The first kappa shape index (κ1) is 19.4. The highest BCUT2D eigenvalue weighted by Crippen LogP contribution is 2.15. The molecule has 5 heteroatoms. The summed E-state index contributed by atoms with van der Waals surface area (Å²) < 4.78 is 28.8. The SMILES string of the molecule is CC[NH+](C)C.Cc1ccc(S(=O)(=O)OCc2ccccc2)cc1. The highest BCUT2D eigenvalue weighted by molar-refractivity contribution is 7.86. The van der Waals surface area contributed by atoms with Gasteiger partial charge in [0.2, 0.25) is 0 Å². The van der Waals surface area contributed by atoms with E-state index < -0.39 is 10.1 Å². The first-order valence-electron chi connectivity index (χ1n) is 7.64. The van der Waals surface area contributed by atoms with Crippen LogP contribution in [0.2, 0.25) is 0 Å². The van der Waals surface area contributed by atoms with Gasteiger partial charge in [-0.25, -0.2) is 0 Å². The van der Waals surface area contributed by atoms with E-state index in [1.165, 1.54) is 11.4 Å². The second-order valence-electron chi connectivity index (χ2n) is 5.58. The molecule has 0 bridgehead atoms. The van der Waals surface area contributed by atoms with Gasteiger partial charge in [-0.1, -0.05) is 48.0 Å². The number of benzene rings is 2. The Kier molecular flexibility index (Phi) is 7.95. The minimum atomic E-state index is -3.68. The van der Waals surface area contributed by atoms with Crippen LogP contribution < -0.4 is 4.90 Å². The maximum atomic E-state index is 11.9. The monoisotopic (exact) mass is 336 g/mol. The van der Waals surface area contributed by atoms with Crippen LogP contribution in [0.5, 0.6) is 0 Å². The first-order chi connectivity index (χ1) is 10.8. The fourth-order valence-electron chi connectivity index (χ4n) is 1.49. The molecule has 0 radical (unpaired) electrons. The Bertz CT molecular complexity index is 665. The quantitative estimate of drug-likeness (QED) is 0.850. The predicted octanol–water partition coefficient (Wildman–Crippen LogP) is 2.05. The fraction of sp³-hybridized carbons (Fsp3) is 0.333. The Balaban J connectivity index is 0.000000463. The lowest BCUT2D eigenvalue weighted by Gasteiger charge is -2.06. The molecule has 126 valence electrons. The minimum Gasteiger partial charge on any atom is -0.340 e. The summed E-state index contributed by atoms with van der Waals surface area (Å²) >= 11 is 0. The minimum absolute atomic E-state index is 0.0526. The molecular formula is C18H26NO3S+. The van der Waals surface area contributed by atoms with E-state index in [0.29, 0.717) is 0 Å². The Hall–Kier alpha value is -1.69. The number of aryl methyl sites for hydroxylation is 1. The van der Waals surface area contributed by atoms with Gasteiger partial charge in [-0.2, -0.15) is 8.42 Å². The number of hydrogen-bond donors (Lipinski definition) is 1. The maximum absolute atomic E-state index is 11.9. The molecular weight excluding hydrogens is 310 g/mol. The molecule has 0 spiro atoms. The van der Waals surface area contributed by atoms with Crippen molar-refractivity contribution in [3.8, 4) is 0 Å². The van der Waals surface area contributed by atoms with Gasteiger partial charge in [0.1, 0.15) is 0 Å². The van der Waals surface area contributed by atoms with Crippen molar-refractivity contribution in [2.45, 2.75) is 25.3 Å². The molecule has 0 saturated carbocycles. The van der Waals surface area contributed by atoms with E-state index in [2.05, 4.69) is 21.0 Å². The molecule has 2 rings (SSSR count). The third kappa shape index (κ3) is 7.41. The van der Waals surface area contributed by atoms with Crippen molar-refractivity contribution < 1.29 is 17.5 Å². The average molecular weight is 336 g/mol. The lowest BCUT2D eigenvalue weighted by Crippen LogP contribution is -3.05. The Labute approximate surface area is 139 Å². The van der Waals surface area contributed by atoms with Crippen molar-refractivity contribution >= 4 is 10.1 Å². The van der Waals surface area contributed by atoms with E-state index >= 15 is 0 Å². The molecule has 2 aromatic rings. The molecule has 0 aliphatic carbocycles. The summed E-state index contributed by atoms with van der Waals surface area (Å²) in [5.74, 6) is 0. The molecule has 23 heavy (non-hydrogen) atoms. The van der Waals surface area contributed by atoms with E-state index in [1.54, 1.807) is 24.3 Å². The van der Waals surface area contributed by atoms with Crippen LogP contribution in [0.3, 0.4) is 0 Å². The van der Waals surface area contributed by atoms with E-state index in [0.717, 1.165) is 11.1 Å². The standard InChI is InChI=1S/C14H14O3S.C4H11N/c1-12-7-9-14(10-8-12)18(15,16)17-11-13-5-3-2-4-6-13;1-4-5(2)3/h2-10H,11H2,1H3;4H2,1-3H3/p+1. The molecule has 0 fully saturated rings. The van der Waals surface area contributed by atoms with Gasteiger partial charge in [-0.15, -0.1) is 0 Å². The third-order valence-corrected chi connectivity index (χ3v) is 4.52. The van der Waals surface area contributed by atoms with Crippen LogP contribution in [0.25, 0.3) is 0 Å². The first-order valence-corrected chi connectivity index (χ1v) is 9.05. The largest absolute Gasteiger partial charge is 0.340 e. The van der Waals surface area contributed by atoms with Crippen molar-refractivity contribution in [3.05, 3.63) is 65.7 Å². The average Bonchev–Trinajstić information content (AvgIpc) is 2.55. The zero-order chi connectivity index (χ0) is 17.3. The summed E-state index contributed by atoms with van der Waals surface area (Å²) in [7, 11) is 0.603. The molecule has 0 aliphatic rings. The van der Waals surface area contributed by atoms with E-state index in [4.69, 9.17) is 4.18 Å². The summed E-state index contributed by atoms with van der Waals surface area (Å²) in [4.78, 5) is 1.69. The molecule has 0 unspecified atom stereocenters. The second-order valence-corrected chi connectivity index (χ2v) is 7.19. The maximum Gasteiger partial charge on any atom is 0.297 e. The molecule has 4 nitrogen and oxygen atoms in total.